The molecule has 0 aromatic heterocycles. The normalized spacial score (nSPS) is 23.5. The number of halogens is 9. The third-order valence-electron chi connectivity index (χ3n) is 7.87. The van der Waals surface area contributed by atoms with Crippen molar-refractivity contribution in [1.82, 2.24) is 0 Å². The lowest BCUT2D eigenvalue weighted by atomic mass is 9.77. The second-order valence-corrected chi connectivity index (χ2v) is 10.8. The first-order valence-electron chi connectivity index (χ1n) is 13.5. The van der Waals surface area contributed by atoms with E-state index in [9.17, 15) is 39.5 Å². The second kappa shape index (κ2) is 12.8. The standard InChI is InChI=1S/C30H29F9O2/c1-16-2-4-17(5-3-16)6-7-18-8-10-19(11-9-18)20-12-22(31)26(23(32)13-20)30(38,39)41-21-14-24(33)27(25(34)15-21)40-29(37)28(35)36/h6-7,12-19H,2-5,8-11H2,1H3/b7-6+. The van der Waals surface area contributed by atoms with Crippen LogP contribution in [0.4, 0.5) is 39.5 Å². The molecule has 11 heteroatoms. The fourth-order valence-electron chi connectivity index (χ4n) is 5.56. The molecule has 2 aromatic carbocycles. The molecule has 224 valence electrons. The summed E-state index contributed by atoms with van der Waals surface area (Å²) in [6, 6.07) is -0.856. The van der Waals surface area contributed by atoms with Crippen LogP contribution in [0.15, 0.2) is 48.5 Å². The number of hydrogen-bond donors (Lipinski definition) is 0. The summed E-state index contributed by atoms with van der Waals surface area (Å²) in [4.78, 5) is 0. The van der Waals surface area contributed by atoms with E-state index < -0.39 is 58.5 Å². The van der Waals surface area contributed by atoms with Gasteiger partial charge in [0.2, 0.25) is 5.75 Å². The smallest absolute Gasteiger partial charge is 0.429 e. The lowest BCUT2D eigenvalue weighted by Gasteiger charge is -2.29. The van der Waals surface area contributed by atoms with Gasteiger partial charge in [-0.25, -0.2) is 17.6 Å². The van der Waals surface area contributed by atoms with Crippen molar-refractivity contribution >= 4 is 0 Å². The largest absolute Gasteiger partial charge is 0.432 e. The van der Waals surface area contributed by atoms with Gasteiger partial charge in [-0.3, -0.25) is 0 Å². The first kappa shape index (κ1) is 30.8. The van der Waals surface area contributed by atoms with Gasteiger partial charge in [0.25, 0.3) is 0 Å². The molecule has 0 heterocycles. The van der Waals surface area contributed by atoms with Crippen molar-refractivity contribution in [2.24, 2.45) is 17.8 Å². The van der Waals surface area contributed by atoms with Crippen molar-refractivity contribution in [3.63, 3.8) is 0 Å². The Bertz CT molecular complexity index is 1240. The van der Waals surface area contributed by atoms with Crippen molar-refractivity contribution < 1.29 is 49.0 Å². The first-order valence-corrected chi connectivity index (χ1v) is 13.5. The third kappa shape index (κ3) is 7.60. The summed E-state index contributed by atoms with van der Waals surface area (Å²) in [6.07, 6.45) is 4.40. The zero-order valence-corrected chi connectivity index (χ0v) is 22.1. The minimum absolute atomic E-state index is 0.0710. The van der Waals surface area contributed by atoms with Crippen molar-refractivity contribution in [1.29, 1.82) is 0 Å². The van der Waals surface area contributed by atoms with E-state index in [1.165, 1.54) is 25.7 Å². The van der Waals surface area contributed by atoms with Gasteiger partial charge in [-0.1, -0.05) is 31.9 Å². The molecule has 2 aromatic rings. The minimum Gasteiger partial charge on any atom is -0.429 e. The molecule has 0 spiro atoms. The highest BCUT2D eigenvalue weighted by atomic mass is 19.3. The summed E-state index contributed by atoms with van der Waals surface area (Å²) in [7, 11) is 0. The minimum atomic E-state index is -4.72. The molecule has 0 atom stereocenters. The Morgan fingerprint density at radius 2 is 1.22 bits per heavy atom. The van der Waals surface area contributed by atoms with Crippen LogP contribution < -0.4 is 9.47 Å². The van der Waals surface area contributed by atoms with Crippen LogP contribution in [0.25, 0.3) is 0 Å². The van der Waals surface area contributed by atoms with Gasteiger partial charge in [0.1, 0.15) is 22.9 Å². The number of benzene rings is 2. The van der Waals surface area contributed by atoms with E-state index in [1.54, 1.807) is 0 Å². The number of rotatable bonds is 8. The molecule has 0 bridgehead atoms. The van der Waals surface area contributed by atoms with Gasteiger partial charge >= 0.3 is 18.2 Å². The van der Waals surface area contributed by atoms with Crippen LogP contribution in [0, 0.1) is 41.0 Å². The maximum atomic E-state index is 14.8. The second-order valence-electron chi connectivity index (χ2n) is 10.8. The van der Waals surface area contributed by atoms with Gasteiger partial charge < -0.3 is 9.47 Å². The van der Waals surface area contributed by atoms with Gasteiger partial charge in [0, 0.05) is 12.1 Å². The maximum absolute atomic E-state index is 14.8. The van der Waals surface area contributed by atoms with E-state index in [1.807, 2.05) is 0 Å². The first-order chi connectivity index (χ1) is 19.3. The van der Waals surface area contributed by atoms with Crippen LogP contribution in [0.5, 0.6) is 11.5 Å². The average molecular weight is 593 g/mol. The molecule has 2 saturated carbocycles. The highest BCUT2D eigenvalue weighted by Gasteiger charge is 2.42. The maximum Gasteiger partial charge on any atom is 0.432 e. The summed E-state index contributed by atoms with van der Waals surface area (Å²) in [5.41, 5.74) is -1.55. The van der Waals surface area contributed by atoms with Gasteiger partial charge in [0.05, 0.1) is 0 Å². The quantitative estimate of drug-likeness (QED) is 0.173. The number of allylic oxidation sites excluding steroid dienone is 2. The van der Waals surface area contributed by atoms with E-state index in [0.29, 0.717) is 24.7 Å². The van der Waals surface area contributed by atoms with E-state index in [-0.39, 0.29) is 23.6 Å². The number of alkyl halides is 2. The fourth-order valence-corrected chi connectivity index (χ4v) is 5.56. The Kier molecular flexibility index (Phi) is 9.64. The molecule has 0 unspecified atom stereocenters. The molecule has 0 amide bonds. The van der Waals surface area contributed by atoms with Crippen LogP contribution in [0.3, 0.4) is 0 Å². The monoisotopic (exact) mass is 592 g/mol. The molecule has 0 N–H and O–H groups in total. The Balaban J connectivity index is 1.42. The molecule has 0 aliphatic heterocycles. The van der Waals surface area contributed by atoms with Gasteiger partial charge in [-0.05, 0) is 79.9 Å². The van der Waals surface area contributed by atoms with Crippen LogP contribution in [0.2, 0.25) is 0 Å². The fraction of sp³-hybridized carbons (Fsp3) is 0.467. The molecule has 4 rings (SSSR count). The highest BCUT2D eigenvalue weighted by molar-refractivity contribution is 5.37. The predicted octanol–water partition coefficient (Wildman–Crippen LogP) is 10.4. The van der Waals surface area contributed by atoms with Crippen molar-refractivity contribution in [3.8, 4) is 11.5 Å². The van der Waals surface area contributed by atoms with E-state index >= 15 is 0 Å². The number of ether oxygens (including phenoxy) is 2. The average Bonchev–Trinajstić information content (AvgIpc) is 2.89. The van der Waals surface area contributed by atoms with Gasteiger partial charge in [-0.15, -0.1) is 0 Å². The lowest BCUT2D eigenvalue weighted by molar-refractivity contribution is -0.189. The molecule has 0 radical (unpaired) electrons. The third-order valence-corrected chi connectivity index (χ3v) is 7.87. The topological polar surface area (TPSA) is 18.5 Å². The zero-order chi connectivity index (χ0) is 29.9. The lowest BCUT2D eigenvalue weighted by Crippen LogP contribution is -2.26. The Hall–Kier alpha value is -3.11. The van der Waals surface area contributed by atoms with Crippen molar-refractivity contribution in [2.75, 3.05) is 0 Å². The molecule has 2 aliphatic carbocycles. The summed E-state index contributed by atoms with van der Waals surface area (Å²) in [6.45, 7) is 2.26. The molecule has 2 fully saturated rings. The van der Waals surface area contributed by atoms with Gasteiger partial charge in [0.15, 0.2) is 11.6 Å². The highest BCUT2D eigenvalue weighted by Crippen LogP contribution is 2.41. The molecule has 2 nitrogen and oxygen atoms in total. The Labute approximate surface area is 231 Å². The Morgan fingerprint density at radius 3 is 1.71 bits per heavy atom. The summed E-state index contributed by atoms with van der Waals surface area (Å²) < 4.78 is 132. The van der Waals surface area contributed by atoms with Crippen LogP contribution >= 0.6 is 0 Å². The molecule has 0 saturated heterocycles. The van der Waals surface area contributed by atoms with E-state index in [2.05, 4.69) is 28.5 Å². The van der Waals surface area contributed by atoms with Crippen molar-refractivity contribution in [2.45, 2.75) is 70.3 Å². The summed E-state index contributed by atoms with van der Waals surface area (Å²) in [5.74, 6) is -8.41. The van der Waals surface area contributed by atoms with E-state index in [4.69, 9.17) is 0 Å². The van der Waals surface area contributed by atoms with Crippen LogP contribution in [-0.2, 0) is 6.11 Å². The summed E-state index contributed by atoms with van der Waals surface area (Å²) in [5, 5.41) is 0. The summed E-state index contributed by atoms with van der Waals surface area (Å²) >= 11 is 0. The number of hydrogen-bond acceptors (Lipinski definition) is 2. The molecular formula is C30H29F9O2. The molecular weight excluding hydrogens is 563 g/mol. The molecule has 41 heavy (non-hydrogen) atoms. The van der Waals surface area contributed by atoms with E-state index in [0.717, 1.165) is 30.9 Å². The SMILES string of the molecule is CC1CCC(/C=C/C2CCC(c3cc(F)c(C(F)(F)Oc4cc(F)c(OC(F)=C(F)F)c(F)c4)c(F)c3)CC2)CC1. The van der Waals surface area contributed by atoms with Crippen LogP contribution in [-0.4, -0.2) is 0 Å². The van der Waals surface area contributed by atoms with Gasteiger partial charge in [-0.2, -0.15) is 22.0 Å². The Morgan fingerprint density at radius 1 is 0.732 bits per heavy atom. The predicted molar refractivity (Wildman–Crippen MR) is 133 cm³/mol. The molecule has 2 aliphatic rings. The van der Waals surface area contributed by atoms with Crippen LogP contribution in [0.1, 0.15) is 75.3 Å². The zero-order valence-electron chi connectivity index (χ0n) is 22.1. The van der Waals surface area contributed by atoms with Crippen molar-refractivity contribution in [3.05, 3.63) is 82.9 Å².